The molecule has 6 heteroatoms. The van der Waals surface area contributed by atoms with Gasteiger partial charge in [0.15, 0.2) is 5.96 Å². The number of nitrogens with one attached hydrogen (secondary N) is 2. The van der Waals surface area contributed by atoms with Crippen molar-refractivity contribution in [2.45, 2.75) is 19.6 Å². The molecule has 124 valence electrons. The van der Waals surface area contributed by atoms with Crippen LogP contribution < -0.4 is 10.6 Å². The van der Waals surface area contributed by atoms with E-state index in [1.165, 1.54) is 0 Å². The molecule has 1 rings (SSSR count). The van der Waals surface area contributed by atoms with Gasteiger partial charge in [-0.3, -0.25) is 4.99 Å². The van der Waals surface area contributed by atoms with Crippen LogP contribution in [0.25, 0.3) is 0 Å². The van der Waals surface area contributed by atoms with Crippen molar-refractivity contribution in [3.8, 4) is 0 Å². The second kappa shape index (κ2) is 12.0. The largest absolute Gasteiger partial charge is 0.389 e. The van der Waals surface area contributed by atoms with Gasteiger partial charge in [0.25, 0.3) is 0 Å². The lowest BCUT2D eigenvalue weighted by atomic mass is 10.2. The maximum atomic E-state index is 9.90. The standard InChI is InChI=1S/C16H27N3O3/c1-3-17-16(18-9-10-21-2)19-11-15(20)13-22-12-14-7-5-4-6-8-14/h4-8,15,20H,3,9-13H2,1-2H3,(H2,17,18,19). The second-order valence-electron chi connectivity index (χ2n) is 4.79. The van der Waals surface area contributed by atoms with E-state index in [4.69, 9.17) is 9.47 Å². The van der Waals surface area contributed by atoms with Gasteiger partial charge in [-0.1, -0.05) is 30.3 Å². The third-order valence-corrected chi connectivity index (χ3v) is 2.82. The molecule has 0 aliphatic rings. The highest BCUT2D eigenvalue weighted by molar-refractivity contribution is 5.79. The van der Waals surface area contributed by atoms with E-state index < -0.39 is 6.10 Å². The van der Waals surface area contributed by atoms with Gasteiger partial charge in [0.2, 0.25) is 0 Å². The highest BCUT2D eigenvalue weighted by Gasteiger charge is 2.05. The van der Waals surface area contributed by atoms with Crippen LogP contribution in [0.5, 0.6) is 0 Å². The molecular weight excluding hydrogens is 282 g/mol. The minimum Gasteiger partial charge on any atom is -0.389 e. The fourth-order valence-electron chi connectivity index (χ4n) is 1.75. The predicted octanol–water partition coefficient (Wildman–Crippen LogP) is 0.766. The van der Waals surface area contributed by atoms with Gasteiger partial charge < -0.3 is 25.2 Å². The number of benzene rings is 1. The van der Waals surface area contributed by atoms with Crippen molar-refractivity contribution >= 4 is 5.96 Å². The van der Waals surface area contributed by atoms with Gasteiger partial charge in [-0.05, 0) is 12.5 Å². The van der Waals surface area contributed by atoms with E-state index in [-0.39, 0.29) is 13.2 Å². The summed E-state index contributed by atoms with van der Waals surface area (Å²) in [5, 5.41) is 16.1. The van der Waals surface area contributed by atoms with E-state index >= 15 is 0 Å². The molecule has 22 heavy (non-hydrogen) atoms. The Kier molecular flexibility index (Phi) is 10.0. The topological polar surface area (TPSA) is 75.1 Å². The van der Waals surface area contributed by atoms with E-state index in [1.54, 1.807) is 7.11 Å². The molecule has 0 saturated carbocycles. The Morgan fingerprint density at radius 3 is 2.73 bits per heavy atom. The fraction of sp³-hybridized carbons (Fsp3) is 0.562. The number of hydrogen-bond acceptors (Lipinski definition) is 4. The zero-order valence-electron chi connectivity index (χ0n) is 13.4. The van der Waals surface area contributed by atoms with Crippen molar-refractivity contribution < 1.29 is 14.6 Å². The smallest absolute Gasteiger partial charge is 0.191 e. The first-order chi connectivity index (χ1) is 10.8. The summed E-state index contributed by atoms with van der Waals surface area (Å²) in [5.41, 5.74) is 1.09. The molecule has 1 aromatic carbocycles. The Morgan fingerprint density at radius 1 is 1.27 bits per heavy atom. The minimum absolute atomic E-state index is 0.260. The van der Waals surface area contributed by atoms with Gasteiger partial charge in [0.05, 0.1) is 32.5 Å². The molecule has 6 nitrogen and oxygen atoms in total. The number of methoxy groups -OCH3 is 1. The monoisotopic (exact) mass is 309 g/mol. The lowest BCUT2D eigenvalue weighted by Gasteiger charge is -2.13. The van der Waals surface area contributed by atoms with E-state index in [9.17, 15) is 5.11 Å². The van der Waals surface area contributed by atoms with Crippen molar-refractivity contribution in [3.63, 3.8) is 0 Å². The molecule has 0 aromatic heterocycles. The summed E-state index contributed by atoms with van der Waals surface area (Å²) in [7, 11) is 1.65. The summed E-state index contributed by atoms with van der Waals surface area (Å²) >= 11 is 0. The molecule has 1 atom stereocenters. The van der Waals surface area contributed by atoms with Crippen LogP contribution in [-0.4, -0.2) is 57.1 Å². The van der Waals surface area contributed by atoms with Gasteiger partial charge in [-0.25, -0.2) is 0 Å². The Labute approximate surface area is 132 Å². The maximum absolute atomic E-state index is 9.90. The number of hydrogen-bond donors (Lipinski definition) is 3. The number of rotatable bonds is 10. The summed E-state index contributed by atoms with van der Waals surface area (Å²) in [4.78, 5) is 4.32. The highest BCUT2D eigenvalue weighted by atomic mass is 16.5. The van der Waals surface area contributed by atoms with E-state index in [1.807, 2.05) is 37.3 Å². The lowest BCUT2D eigenvalue weighted by Crippen LogP contribution is -2.39. The zero-order valence-corrected chi connectivity index (χ0v) is 13.4. The summed E-state index contributed by atoms with van der Waals surface area (Å²) in [5.74, 6) is 0.668. The predicted molar refractivity (Wildman–Crippen MR) is 88.0 cm³/mol. The average Bonchev–Trinajstić information content (AvgIpc) is 2.54. The van der Waals surface area contributed by atoms with Crippen molar-refractivity contribution in [2.75, 3.05) is 40.0 Å². The SMILES string of the molecule is CCNC(=NCC(O)COCc1ccccc1)NCCOC. The number of guanidine groups is 1. The summed E-state index contributed by atoms with van der Waals surface area (Å²) in [6.07, 6.45) is -0.624. The number of ether oxygens (including phenoxy) is 2. The molecule has 0 amide bonds. The van der Waals surface area contributed by atoms with E-state index in [2.05, 4.69) is 15.6 Å². The zero-order chi connectivity index (χ0) is 16.0. The number of aliphatic hydroxyl groups excluding tert-OH is 1. The average molecular weight is 309 g/mol. The Balaban J connectivity index is 2.25. The highest BCUT2D eigenvalue weighted by Crippen LogP contribution is 2.01. The molecule has 0 aliphatic carbocycles. The van der Waals surface area contributed by atoms with Crippen molar-refractivity contribution in [1.29, 1.82) is 0 Å². The number of aliphatic imine (C=N–C) groups is 1. The van der Waals surface area contributed by atoms with Gasteiger partial charge in [0, 0.05) is 20.2 Å². The molecular formula is C16H27N3O3. The summed E-state index contributed by atoms with van der Waals surface area (Å²) in [6, 6.07) is 9.88. The number of aliphatic hydroxyl groups is 1. The van der Waals surface area contributed by atoms with Crippen molar-refractivity contribution in [1.82, 2.24) is 10.6 Å². The fourth-order valence-corrected chi connectivity index (χ4v) is 1.75. The van der Waals surface area contributed by atoms with Crippen LogP contribution in [0.2, 0.25) is 0 Å². The molecule has 0 radical (unpaired) electrons. The van der Waals surface area contributed by atoms with Crippen LogP contribution in [0.15, 0.2) is 35.3 Å². The minimum atomic E-state index is -0.624. The maximum Gasteiger partial charge on any atom is 0.191 e. The Morgan fingerprint density at radius 2 is 2.05 bits per heavy atom. The van der Waals surface area contributed by atoms with E-state index in [0.29, 0.717) is 25.7 Å². The van der Waals surface area contributed by atoms with Gasteiger partial charge >= 0.3 is 0 Å². The molecule has 0 heterocycles. The molecule has 0 bridgehead atoms. The molecule has 0 spiro atoms. The summed E-state index contributed by atoms with van der Waals surface area (Å²) < 4.78 is 10.5. The molecule has 1 unspecified atom stereocenters. The van der Waals surface area contributed by atoms with Crippen LogP contribution in [0, 0.1) is 0 Å². The normalized spacial score (nSPS) is 13.0. The summed E-state index contributed by atoms with van der Waals surface area (Å²) in [6.45, 7) is 5.07. The van der Waals surface area contributed by atoms with Crippen LogP contribution in [0.1, 0.15) is 12.5 Å². The quantitative estimate of drug-likeness (QED) is 0.338. The van der Waals surface area contributed by atoms with Crippen LogP contribution in [0.4, 0.5) is 0 Å². The van der Waals surface area contributed by atoms with Crippen LogP contribution >= 0.6 is 0 Å². The first-order valence-corrected chi connectivity index (χ1v) is 7.57. The third-order valence-electron chi connectivity index (χ3n) is 2.82. The number of nitrogens with zero attached hydrogens (tertiary/aromatic N) is 1. The van der Waals surface area contributed by atoms with Crippen molar-refractivity contribution in [3.05, 3.63) is 35.9 Å². The van der Waals surface area contributed by atoms with Gasteiger partial charge in [0.1, 0.15) is 0 Å². The van der Waals surface area contributed by atoms with Crippen molar-refractivity contribution in [2.24, 2.45) is 4.99 Å². The van der Waals surface area contributed by atoms with Gasteiger partial charge in [-0.2, -0.15) is 0 Å². The molecule has 0 fully saturated rings. The molecule has 0 saturated heterocycles. The van der Waals surface area contributed by atoms with Gasteiger partial charge in [-0.15, -0.1) is 0 Å². The molecule has 0 aliphatic heterocycles. The first kappa shape index (κ1) is 18.4. The first-order valence-electron chi connectivity index (χ1n) is 7.57. The Hall–Kier alpha value is -1.63. The van der Waals surface area contributed by atoms with Crippen LogP contribution in [-0.2, 0) is 16.1 Å². The van der Waals surface area contributed by atoms with E-state index in [0.717, 1.165) is 12.1 Å². The third kappa shape index (κ3) is 8.61. The molecule has 3 N–H and O–H groups in total. The Bertz CT molecular complexity index is 412. The van der Waals surface area contributed by atoms with Crippen LogP contribution in [0.3, 0.4) is 0 Å². The second-order valence-corrected chi connectivity index (χ2v) is 4.79. The molecule has 1 aromatic rings. The lowest BCUT2D eigenvalue weighted by molar-refractivity contribution is 0.0331.